The van der Waals surface area contributed by atoms with Crippen molar-refractivity contribution in [3.05, 3.63) is 36.2 Å². The van der Waals surface area contributed by atoms with Crippen LogP contribution >= 0.6 is 0 Å². The number of hydrogen-bond acceptors (Lipinski definition) is 3. The van der Waals surface area contributed by atoms with Crippen molar-refractivity contribution in [1.29, 1.82) is 0 Å². The normalized spacial score (nSPS) is 9.84. The summed E-state index contributed by atoms with van der Waals surface area (Å²) in [6, 6.07) is 8.31. The van der Waals surface area contributed by atoms with E-state index in [4.69, 9.17) is 0 Å². The summed E-state index contributed by atoms with van der Waals surface area (Å²) in [5.74, 6) is -1.40. The molecule has 0 unspecified atom stereocenters. The minimum absolute atomic E-state index is 0.0667. The topological polar surface area (TPSA) is 38.9 Å². The van der Waals surface area contributed by atoms with Crippen LogP contribution in [0, 0.1) is 0 Å². The monoisotopic (exact) mass is 274 g/mol. The molecule has 0 fully saturated rings. The summed E-state index contributed by atoms with van der Waals surface area (Å²) in [5.41, 5.74) is 0.483. The smallest absolute Gasteiger partial charge is 0.329 e. The van der Waals surface area contributed by atoms with E-state index in [1.54, 1.807) is 30.3 Å². The zero-order valence-electron chi connectivity index (χ0n) is 11.3. The van der Waals surface area contributed by atoms with Crippen molar-refractivity contribution in [2.24, 2.45) is 0 Å². The highest BCUT2D eigenvalue weighted by Crippen LogP contribution is 2.29. The number of nitrogens with zero attached hydrogens (tertiary/aromatic N) is 2. The molecule has 106 valence electrons. The van der Waals surface area contributed by atoms with Crippen LogP contribution in [0.25, 0.3) is 11.4 Å². The maximum absolute atomic E-state index is 12.1. The van der Waals surface area contributed by atoms with Crippen LogP contribution < -0.4 is 0 Å². The molecule has 2 rings (SSSR count). The highest BCUT2D eigenvalue weighted by molar-refractivity contribution is 5.53. The summed E-state index contributed by atoms with van der Waals surface area (Å²) in [4.78, 5) is 3.25. The molecular weight excluding hydrogens is 257 g/mol. The number of hydrogen-bond donors (Lipinski definition) is 0. The average molecular weight is 274 g/mol. The van der Waals surface area contributed by atoms with Gasteiger partial charge in [-0.3, -0.25) is 0 Å². The summed E-state index contributed by atoms with van der Waals surface area (Å²) in [5, 5.41) is 3.25. The SMILES string of the molecule is CC.CC.FC(F)(F)c1nc(-c2ccccc2)no1. The first kappa shape index (κ1) is 17.2. The maximum atomic E-state index is 12.1. The molecule has 0 N–H and O–H groups in total. The van der Waals surface area contributed by atoms with Gasteiger partial charge in [0.05, 0.1) is 0 Å². The molecule has 0 saturated heterocycles. The summed E-state index contributed by atoms with van der Waals surface area (Å²) >= 11 is 0. The standard InChI is InChI=1S/C9H5F3N2O.2C2H6/c10-9(11,12)8-13-7(14-15-8)6-4-2-1-3-5-6;2*1-2/h1-5H;2*1-2H3. The first-order valence-electron chi connectivity index (χ1n) is 6.04. The van der Waals surface area contributed by atoms with Gasteiger partial charge in [-0.15, -0.1) is 0 Å². The summed E-state index contributed by atoms with van der Waals surface area (Å²) in [6.45, 7) is 8.00. The van der Waals surface area contributed by atoms with Crippen molar-refractivity contribution in [2.45, 2.75) is 33.9 Å². The number of aromatic nitrogens is 2. The lowest BCUT2D eigenvalue weighted by Crippen LogP contribution is -2.04. The molecule has 1 aromatic carbocycles. The van der Waals surface area contributed by atoms with Crippen molar-refractivity contribution < 1.29 is 17.7 Å². The predicted octanol–water partition coefficient (Wildman–Crippen LogP) is 4.81. The molecule has 0 aliphatic carbocycles. The lowest BCUT2D eigenvalue weighted by Gasteiger charge is -1.96. The van der Waals surface area contributed by atoms with Gasteiger partial charge in [0.1, 0.15) is 0 Å². The minimum Gasteiger partial charge on any atom is -0.329 e. The Kier molecular flexibility index (Phi) is 7.48. The van der Waals surface area contributed by atoms with E-state index < -0.39 is 12.1 Å². The van der Waals surface area contributed by atoms with Crippen molar-refractivity contribution in [3.63, 3.8) is 0 Å². The van der Waals surface area contributed by atoms with Gasteiger partial charge in [0, 0.05) is 5.56 Å². The molecule has 0 radical (unpaired) electrons. The number of alkyl halides is 3. The molecule has 19 heavy (non-hydrogen) atoms. The first-order valence-corrected chi connectivity index (χ1v) is 6.04. The van der Waals surface area contributed by atoms with E-state index in [2.05, 4.69) is 14.7 Å². The van der Waals surface area contributed by atoms with Crippen LogP contribution in [0.1, 0.15) is 33.6 Å². The van der Waals surface area contributed by atoms with Gasteiger partial charge in [0.2, 0.25) is 5.82 Å². The highest BCUT2D eigenvalue weighted by atomic mass is 19.4. The lowest BCUT2D eigenvalue weighted by molar-refractivity contribution is -0.159. The second-order valence-electron chi connectivity index (χ2n) is 2.79. The number of halogens is 3. The van der Waals surface area contributed by atoms with Gasteiger partial charge in [-0.25, -0.2) is 0 Å². The third-order valence-corrected chi connectivity index (χ3v) is 1.70. The summed E-state index contributed by atoms with van der Waals surface area (Å²) in [6.07, 6.45) is -4.60. The van der Waals surface area contributed by atoms with Gasteiger partial charge in [0.25, 0.3) is 0 Å². The molecule has 2 aromatic rings. The Morgan fingerprint density at radius 2 is 1.47 bits per heavy atom. The fourth-order valence-electron chi connectivity index (χ4n) is 1.04. The van der Waals surface area contributed by atoms with E-state index in [0.717, 1.165) is 0 Å². The fraction of sp³-hybridized carbons (Fsp3) is 0.385. The molecule has 0 bridgehead atoms. The molecular formula is C13H17F3N2O. The van der Waals surface area contributed by atoms with Crippen LogP contribution in [0.4, 0.5) is 13.2 Å². The van der Waals surface area contributed by atoms with Gasteiger partial charge in [-0.2, -0.15) is 18.2 Å². The third-order valence-electron chi connectivity index (χ3n) is 1.70. The molecule has 0 spiro atoms. The van der Waals surface area contributed by atoms with Crippen molar-refractivity contribution in [1.82, 2.24) is 10.1 Å². The quantitative estimate of drug-likeness (QED) is 0.749. The van der Waals surface area contributed by atoms with Crippen LogP contribution in [0.3, 0.4) is 0 Å². The molecule has 0 atom stereocenters. The van der Waals surface area contributed by atoms with E-state index >= 15 is 0 Å². The summed E-state index contributed by atoms with van der Waals surface area (Å²) in [7, 11) is 0. The molecule has 0 amide bonds. The molecule has 0 aliphatic rings. The van der Waals surface area contributed by atoms with Crippen LogP contribution in [0.15, 0.2) is 34.9 Å². The third kappa shape index (κ3) is 5.11. The zero-order chi connectivity index (χ0) is 14.9. The number of rotatable bonds is 1. The number of benzene rings is 1. The molecule has 1 heterocycles. The Bertz CT molecular complexity index is 452. The average Bonchev–Trinajstić information content (AvgIpc) is 2.94. The van der Waals surface area contributed by atoms with E-state index in [1.807, 2.05) is 27.7 Å². The van der Waals surface area contributed by atoms with E-state index in [-0.39, 0.29) is 5.82 Å². The first-order chi connectivity index (χ1) is 9.07. The molecule has 0 saturated carbocycles. The Morgan fingerprint density at radius 3 is 1.89 bits per heavy atom. The Labute approximate surface area is 110 Å². The second kappa shape index (κ2) is 8.29. The van der Waals surface area contributed by atoms with Gasteiger partial charge in [-0.1, -0.05) is 63.2 Å². The van der Waals surface area contributed by atoms with Gasteiger partial charge >= 0.3 is 12.1 Å². The second-order valence-corrected chi connectivity index (χ2v) is 2.79. The maximum Gasteiger partial charge on any atom is 0.471 e. The molecule has 3 nitrogen and oxygen atoms in total. The highest BCUT2D eigenvalue weighted by Gasteiger charge is 2.38. The van der Waals surface area contributed by atoms with Crippen LogP contribution in [0.2, 0.25) is 0 Å². The minimum atomic E-state index is -4.60. The van der Waals surface area contributed by atoms with Crippen molar-refractivity contribution in [2.75, 3.05) is 0 Å². The molecule has 0 aliphatic heterocycles. The lowest BCUT2D eigenvalue weighted by atomic mass is 10.2. The Balaban J connectivity index is 0.000000741. The van der Waals surface area contributed by atoms with E-state index in [1.165, 1.54) is 0 Å². The molecule has 6 heteroatoms. The van der Waals surface area contributed by atoms with E-state index in [9.17, 15) is 13.2 Å². The Hall–Kier alpha value is -1.85. The molecule has 1 aromatic heterocycles. The Morgan fingerprint density at radius 1 is 0.947 bits per heavy atom. The van der Waals surface area contributed by atoms with Crippen LogP contribution in [-0.2, 0) is 6.18 Å². The summed E-state index contributed by atoms with van der Waals surface area (Å²) < 4.78 is 40.5. The van der Waals surface area contributed by atoms with E-state index in [0.29, 0.717) is 5.56 Å². The largest absolute Gasteiger partial charge is 0.471 e. The van der Waals surface area contributed by atoms with Crippen molar-refractivity contribution >= 4 is 0 Å². The zero-order valence-corrected chi connectivity index (χ0v) is 11.3. The van der Waals surface area contributed by atoms with Crippen molar-refractivity contribution in [3.8, 4) is 11.4 Å². The van der Waals surface area contributed by atoms with Crippen LogP contribution in [-0.4, -0.2) is 10.1 Å². The fourth-order valence-corrected chi connectivity index (χ4v) is 1.04. The van der Waals surface area contributed by atoms with Crippen LogP contribution in [0.5, 0.6) is 0 Å². The van der Waals surface area contributed by atoms with Gasteiger partial charge < -0.3 is 4.52 Å². The predicted molar refractivity (Wildman–Crippen MR) is 67.4 cm³/mol. The van der Waals surface area contributed by atoms with Gasteiger partial charge in [-0.05, 0) is 0 Å². The van der Waals surface area contributed by atoms with Gasteiger partial charge in [0.15, 0.2) is 0 Å².